The highest BCUT2D eigenvalue weighted by atomic mass is 32.2. The molecule has 2 heterocycles. The second kappa shape index (κ2) is 6.93. The molecule has 4 aromatic rings. The highest BCUT2D eigenvalue weighted by molar-refractivity contribution is 7.89. The van der Waals surface area contributed by atoms with Crippen molar-refractivity contribution in [2.45, 2.75) is 4.90 Å². The average molecular weight is 383 g/mol. The first-order valence-corrected chi connectivity index (χ1v) is 9.79. The van der Waals surface area contributed by atoms with Crippen LogP contribution in [-0.4, -0.2) is 41.5 Å². The summed E-state index contributed by atoms with van der Waals surface area (Å²) in [4.78, 5) is 5.76. The largest absolute Gasteiger partial charge is 0.490 e. The fourth-order valence-electron chi connectivity index (χ4n) is 2.84. The average Bonchev–Trinajstić information content (AvgIpc) is 3.05. The Balaban J connectivity index is 1.46. The normalized spacial score (nSPS) is 11.9. The molecule has 27 heavy (non-hydrogen) atoms. The van der Waals surface area contributed by atoms with Gasteiger partial charge in [-0.05, 0) is 24.3 Å². The van der Waals surface area contributed by atoms with E-state index in [1.165, 1.54) is 10.9 Å². The van der Waals surface area contributed by atoms with Crippen molar-refractivity contribution < 1.29 is 13.2 Å². The minimum Gasteiger partial charge on any atom is -0.490 e. The van der Waals surface area contributed by atoms with Crippen LogP contribution in [0.25, 0.3) is 21.9 Å². The molecule has 0 aliphatic carbocycles. The summed E-state index contributed by atoms with van der Waals surface area (Å²) in [6.45, 7) is 0.285. The van der Waals surface area contributed by atoms with Crippen LogP contribution in [0, 0.1) is 0 Å². The van der Waals surface area contributed by atoms with Gasteiger partial charge in [0.2, 0.25) is 10.0 Å². The number of aromatic nitrogens is 4. The Bertz CT molecular complexity index is 1210. The Kier molecular flexibility index (Phi) is 4.46. The summed E-state index contributed by atoms with van der Waals surface area (Å²) in [5.74, 6) is 0.614. The predicted octanol–water partition coefficient (Wildman–Crippen LogP) is 1.87. The van der Waals surface area contributed by atoms with Gasteiger partial charge in [0, 0.05) is 25.2 Å². The molecule has 0 radical (unpaired) electrons. The first-order valence-electron chi connectivity index (χ1n) is 8.31. The van der Waals surface area contributed by atoms with Crippen molar-refractivity contribution >= 4 is 32.0 Å². The van der Waals surface area contributed by atoms with E-state index in [2.05, 4.69) is 19.9 Å². The molecular formula is C18H17N5O3S. The number of nitrogens with one attached hydrogen (secondary N) is 1. The van der Waals surface area contributed by atoms with Gasteiger partial charge in [-0.1, -0.05) is 24.3 Å². The summed E-state index contributed by atoms with van der Waals surface area (Å²) in [7, 11) is -2.08. The Morgan fingerprint density at radius 1 is 1.04 bits per heavy atom. The molecule has 0 aliphatic heterocycles. The molecule has 9 heteroatoms. The molecule has 0 amide bonds. The van der Waals surface area contributed by atoms with Crippen LogP contribution >= 0.6 is 0 Å². The van der Waals surface area contributed by atoms with Crippen molar-refractivity contribution in [3.63, 3.8) is 0 Å². The summed E-state index contributed by atoms with van der Waals surface area (Å²) >= 11 is 0. The van der Waals surface area contributed by atoms with Gasteiger partial charge in [-0.3, -0.25) is 4.98 Å². The number of hydrogen-bond donors (Lipinski definition) is 1. The predicted molar refractivity (Wildman–Crippen MR) is 101 cm³/mol. The van der Waals surface area contributed by atoms with E-state index in [0.717, 1.165) is 10.9 Å². The first kappa shape index (κ1) is 17.4. The number of ether oxygens (including phenoxy) is 1. The van der Waals surface area contributed by atoms with E-state index in [0.29, 0.717) is 16.8 Å². The van der Waals surface area contributed by atoms with Gasteiger partial charge in [0.05, 0.1) is 0 Å². The van der Waals surface area contributed by atoms with Crippen molar-refractivity contribution in [1.29, 1.82) is 0 Å². The van der Waals surface area contributed by atoms with Crippen molar-refractivity contribution in [2.75, 3.05) is 13.2 Å². The Labute approximate surface area is 155 Å². The number of fused-ring (bicyclic) bond motifs is 2. The van der Waals surface area contributed by atoms with Gasteiger partial charge in [0.1, 0.15) is 33.8 Å². The summed E-state index contributed by atoms with van der Waals surface area (Å²) in [6, 6.07) is 14.3. The van der Waals surface area contributed by atoms with E-state index < -0.39 is 10.0 Å². The van der Waals surface area contributed by atoms with Crippen LogP contribution in [0.4, 0.5) is 0 Å². The molecule has 0 fully saturated rings. The standard InChI is InChI=1S/C18H17N5O3S/c1-23-21-14-7-3-9-16(18(14)22-23)27(24,25)20-11-12-26-15-8-2-5-13-6-4-10-19-17(13)15/h2-10,20H,11-12H2,1H3. The zero-order chi connectivity index (χ0) is 18.9. The first-order chi connectivity index (χ1) is 13.0. The van der Waals surface area contributed by atoms with E-state index in [9.17, 15) is 8.42 Å². The maximum Gasteiger partial charge on any atom is 0.242 e. The summed E-state index contributed by atoms with van der Waals surface area (Å²) < 4.78 is 33.5. The zero-order valence-corrected chi connectivity index (χ0v) is 15.3. The van der Waals surface area contributed by atoms with E-state index in [4.69, 9.17) is 4.74 Å². The molecule has 0 unspecified atom stereocenters. The summed E-state index contributed by atoms with van der Waals surface area (Å²) in [6.07, 6.45) is 1.69. The number of para-hydroxylation sites is 1. The van der Waals surface area contributed by atoms with E-state index in [1.807, 2.05) is 30.3 Å². The number of hydrogen-bond acceptors (Lipinski definition) is 6. The molecule has 0 saturated heterocycles. The molecule has 138 valence electrons. The van der Waals surface area contributed by atoms with Crippen LogP contribution in [0.15, 0.2) is 59.6 Å². The van der Waals surface area contributed by atoms with Crippen molar-refractivity contribution in [1.82, 2.24) is 24.7 Å². The lowest BCUT2D eigenvalue weighted by atomic mass is 10.2. The SMILES string of the molecule is Cn1nc2cccc(S(=O)(=O)NCCOc3cccc4cccnc34)c2n1. The fourth-order valence-corrected chi connectivity index (χ4v) is 4.00. The smallest absolute Gasteiger partial charge is 0.242 e. The molecule has 0 bridgehead atoms. The monoisotopic (exact) mass is 383 g/mol. The maximum atomic E-state index is 12.6. The van der Waals surface area contributed by atoms with Gasteiger partial charge >= 0.3 is 0 Å². The van der Waals surface area contributed by atoms with Gasteiger partial charge in [-0.25, -0.2) is 13.1 Å². The van der Waals surface area contributed by atoms with E-state index in [-0.39, 0.29) is 18.0 Å². The number of rotatable bonds is 6. The van der Waals surface area contributed by atoms with Crippen molar-refractivity contribution in [3.8, 4) is 5.75 Å². The number of sulfonamides is 1. The minimum atomic E-state index is -3.73. The Hall–Kier alpha value is -3.04. The number of nitrogens with zero attached hydrogens (tertiary/aromatic N) is 4. The van der Waals surface area contributed by atoms with Crippen molar-refractivity contribution in [2.24, 2.45) is 7.05 Å². The zero-order valence-electron chi connectivity index (χ0n) is 14.5. The molecule has 2 aromatic heterocycles. The number of aryl methyl sites for hydroxylation is 1. The molecular weight excluding hydrogens is 366 g/mol. The molecule has 2 aromatic carbocycles. The third-order valence-corrected chi connectivity index (χ3v) is 5.50. The van der Waals surface area contributed by atoms with E-state index in [1.54, 1.807) is 25.4 Å². The number of benzene rings is 2. The summed E-state index contributed by atoms with van der Waals surface area (Å²) in [5, 5.41) is 9.23. The third kappa shape index (κ3) is 3.46. The van der Waals surface area contributed by atoms with Gasteiger partial charge < -0.3 is 4.74 Å². The van der Waals surface area contributed by atoms with Gasteiger partial charge in [0.15, 0.2) is 0 Å². The molecule has 1 N–H and O–H groups in total. The van der Waals surface area contributed by atoms with Crippen LogP contribution in [0.2, 0.25) is 0 Å². The Morgan fingerprint density at radius 2 is 1.85 bits per heavy atom. The topological polar surface area (TPSA) is 99.0 Å². The molecule has 0 atom stereocenters. The number of pyridine rings is 1. The minimum absolute atomic E-state index is 0.0972. The van der Waals surface area contributed by atoms with Crippen LogP contribution in [0.1, 0.15) is 0 Å². The molecule has 0 saturated carbocycles. The van der Waals surface area contributed by atoms with Gasteiger partial charge in [0.25, 0.3) is 0 Å². The van der Waals surface area contributed by atoms with Gasteiger partial charge in [-0.15, -0.1) is 0 Å². The Morgan fingerprint density at radius 3 is 2.74 bits per heavy atom. The second-order valence-electron chi connectivity index (χ2n) is 5.89. The molecule has 8 nitrogen and oxygen atoms in total. The van der Waals surface area contributed by atoms with Crippen LogP contribution in [-0.2, 0) is 17.1 Å². The van der Waals surface area contributed by atoms with Crippen LogP contribution in [0.5, 0.6) is 5.75 Å². The molecule has 0 aliphatic rings. The lowest BCUT2D eigenvalue weighted by Gasteiger charge is -2.10. The molecule has 4 rings (SSSR count). The van der Waals surface area contributed by atoms with Crippen LogP contribution < -0.4 is 9.46 Å². The van der Waals surface area contributed by atoms with Crippen LogP contribution in [0.3, 0.4) is 0 Å². The highest BCUT2D eigenvalue weighted by Gasteiger charge is 2.19. The second-order valence-corrected chi connectivity index (χ2v) is 7.63. The highest BCUT2D eigenvalue weighted by Crippen LogP contribution is 2.23. The fraction of sp³-hybridized carbons (Fsp3) is 0.167. The maximum absolute atomic E-state index is 12.6. The van der Waals surface area contributed by atoms with E-state index >= 15 is 0 Å². The summed E-state index contributed by atoms with van der Waals surface area (Å²) in [5.41, 5.74) is 1.61. The molecule has 0 spiro atoms. The lowest BCUT2D eigenvalue weighted by molar-refractivity contribution is 0.326. The quantitative estimate of drug-likeness (QED) is 0.511. The van der Waals surface area contributed by atoms with Gasteiger partial charge in [-0.2, -0.15) is 15.0 Å². The van der Waals surface area contributed by atoms with Crippen molar-refractivity contribution in [3.05, 3.63) is 54.7 Å². The lowest BCUT2D eigenvalue weighted by Crippen LogP contribution is -2.28. The third-order valence-electron chi connectivity index (χ3n) is 4.01.